The third kappa shape index (κ3) is 5.24. The van der Waals surface area contributed by atoms with Gasteiger partial charge >= 0.3 is 0 Å². The molecule has 0 saturated carbocycles. The topological polar surface area (TPSA) is 63.5 Å². The molecule has 3 N–H and O–H groups in total. The van der Waals surface area contributed by atoms with E-state index < -0.39 is 0 Å². The van der Waals surface area contributed by atoms with Crippen LogP contribution in [0, 0.1) is 0 Å². The molecular weight excluding hydrogens is 365 g/mol. The van der Waals surface area contributed by atoms with Crippen LogP contribution in [0.1, 0.15) is 18.2 Å². The Morgan fingerprint density at radius 1 is 1.25 bits per heavy atom. The zero-order valence-electron chi connectivity index (χ0n) is 11.5. The third-order valence-electron chi connectivity index (χ3n) is 2.86. The molecule has 0 saturated heterocycles. The lowest BCUT2D eigenvalue weighted by atomic mass is 10.1. The molecule has 5 heteroatoms. The van der Waals surface area contributed by atoms with Gasteiger partial charge in [0.1, 0.15) is 5.76 Å². The van der Waals surface area contributed by atoms with E-state index in [0.29, 0.717) is 12.5 Å². The van der Waals surface area contributed by atoms with E-state index in [2.05, 4.69) is 29.4 Å². The number of guanidine groups is 1. The molecule has 2 rings (SSSR count). The fourth-order valence-electron chi connectivity index (χ4n) is 1.75. The predicted octanol–water partition coefficient (Wildman–Crippen LogP) is 3.43. The summed E-state index contributed by atoms with van der Waals surface area (Å²) in [5.74, 6) is 1.35. The van der Waals surface area contributed by atoms with Crippen LogP contribution in [-0.4, -0.2) is 12.5 Å². The molecule has 0 atom stereocenters. The van der Waals surface area contributed by atoms with Crippen LogP contribution < -0.4 is 11.1 Å². The highest BCUT2D eigenvalue weighted by molar-refractivity contribution is 14.0. The van der Waals surface area contributed by atoms with Gasteiger partial charge in [-0.05, 0) is 36.2 Å². The van der Waals surface area contributed by atoms with E-state index in [9.17, 15) is 0 Å². The number of nitrogens with zero attached hydrogens (tertiary/aromatic N) is 1. The minimum atomic E-state index is 0. The van der Waals surface area contributed by atoms with Crippen LogP contribution in [0.15, 0.2) is 52.1 Å². The molecule has 4 nitrogen and oxygen atoms in total. The van der Waals surface area contributed by atoms with Crippen LogP contribution >= 0.6 is 24.0 Å². The number of aryl methyl sites for hydroxylation is 1. The van der Waals surface area contributed by atoms with Crippen LogP contribution in [0.4, 0.5) is 5.69 Å². The average molecular weight is 385 g/mol. The van der Waals surface area contributed by atoms with Gasteiger partial charge in [0.25, 0.3) is 0 Å². The maximum Gasteiger partial charge on any atom is 0.193 e. The molecule has 0 aliphatic carbocycles. The zero-order chi connectivity index (χ0) is 13.5. The van der Waals surface area contributed by atoms with Crippen molar-refractivity contribution in [1.29, 1.82) is 0 Å². The van der Waals surface area contributed by atoms with Gasteiger partial charge in [-0.25, -0.2) is 0 Å². The predicted molar refractivity (Wildman–Crippen MR) is 93.8 cm³/mol. The van der Waals surface area contributed by atoms with Crippen LogP contribution in [0.25, 0.3) is 0 Å². The Morgan fingerprint density at radius 3 is 2.60 bits per heavy atom. The number of anilines is 1. The summed E-state index contributed by atoms with van der Waals surface area (Å²) >= 11 is 0. The van der Waals surface area contributed by atoms with Crippen molar-refractivity contribution < 1.29 is 4.42 Å². The van der Waals surface area contributed by atoms with Crippen molar-refractivity contribution in [3.05, 3.63) is 54.0 Å². The lowest BCUT2D eigenvalue weighted by molar-refractivity contribution is 0.511. The SMILES string of the molecule is CCc1ccc(NC(N)=NCCc2ccco2)cc1.I. The molecule has 0 aliphatic rings. The molecule has 1 aromatic heterocycles. The Kier molecular flexibility index (Phi) is 7.14. The highest BCUT2D eigenvalue weighted by Crippen LogP contribution is 2.09. The van der Waals surface area contributed by atoms with E-state index in [1.807, 2.05) is 24.3 Å². The summed E-state index contributed by atoms with van der Waals surface area (Å²) in [5, 5.41) is 3.07. The molecule has 20 heavy (non-hydrogen) atoms. The van der Waals surface area contributed by atoms with Gasteiger partial charge in [0, 0.05) is 18.7 Å². The second-order valence-corrected chi connectivity index (χ2v) is 4.27. The summed E-state index contributed by atoms with van der Waals surface area (Å²) in [5.41, 5.74) is 8.08. The number of nitrogens with one attached hydrogen (secondary N) is 1. The molecule has 1 heterocycles. The lowest BCUT2D eigenvalue weighted by Gasteiger charge is -2.06. The number of rotatable bonds is 5. The van der Waals surface area contributed by atoms with E-state index >= 15 is 0 Å². The Morgan fingerprint density at radius 2 is 2.00 bits per heavy atom. The van der Waals surface area contributed by atoms with Gasteiger partial charge in [0.05, 0.1) is 6.26 Å². The number of aliphatic imine (C=N–C) groups is 1. The maximum absolute atomic E-state index is 5.82. The van der Waals surface area contributed by atoms with E-state index in [-0.39, 0.29) is 24.0 Å². The van der Waals surface area contributed by atoms with Gasteiger partial charge in [-0.15, -0.1) is 24.0 Å². The smallest absolute Gasteiger partial charge is 0.193 e. The number of furan rings is 1. The molecule has 0 spiro atoms. The van der Waals surface area contributed by atoms with Crippen molar-refractivity contribution in [2.45, 2.75) is 19.8 Å². The average Bonchev–Trinajstić information content (AvgIpc) is 2.93. The Hall–Kier alpha value is -1.50. The first kappa shape index (κ1) is 16.6. The molecule has 0 amide bonds. The van der Waals surface area contributed by atoms with Gasteiger partial charge < -0.3 is 15.5 Å². The number of hydrogen-bond donors (Lipinski definition) is 2. The fourth-order valence-corrected chi connectivity index (χ4v) is 1.75. The van der Waals surface area contributed by atoms with Gasteiger partial charge in [0.2, 0.25) is 0 Å². The van der Waals surface area contributed by atoms with Crippen molar-refractivity contribution in [1.82, 2.24) is 0 Å². The molecule has 0 radical (unpaired) electrons. The molecular formula is C15H20IN3O. The van der Waals surface area contributed by atoms with Crippen molar-refractivity contribution in [3.63, 3.8) is 0 Å². The van der Waals surface area contributed by atoms with Crippen molar-refractivity contribution >= 4 is 35.6 Å². The van der Waals surface area contributed by atoms with E-state index in [0.717, 1.165) is 24.3 Å². The minimum absolute atomic E-state index is 0. The van der Waals surface area contributed by atoms with E-state index in [4.69, 9.17) is 10.2 Å². The first-order valence-electron chi connectivity index (χ1n) is 6.46. The molecule has 0 bridgehead atoms. The summed E-state index contributed by atoms with van der Waals surface area (Å²) in [6.07, 6.45) is 3.45. The largest absolute Gasteiger partial charge is 0.469 e. The first-order valence-corrected chi connectivity index (χ1v) is 6.46. The molecule has 108 valence electrons. The second-order valence-electron chi connectivity index (χ2n) is 4.27. The maximum atomic E-state index is 5.82. The normalized spacial score (nSPS) is 10.9. The minimum Gasteiger partial charge on any atom is -0.469 e. The molecule has 0 unspecified atom stereocenters. The first-order chi connectivity index (χ1) is 9.28. The summed E-state index contributed by atoms with van der Waals surface area (Å²) in [4.78, 5) is 4.26. The molecule has 1 aromatic carbocycles. The molecule has 2 aromatic rings. The number of halogens is 1. The highest BCUT2D eigenvalue weighted by Gasteiger charge is 1.97. The van der Waals surface area contributed by atoms with Gasteiger partial charge in [0.15, 0.2) is 5.96 Å². The summed E-state index contributed by atoms with van der Waals surface area (Å²) in [7, 11) is 0. The van der Waals surface area contributed by atoms with Gasteiger partial charge in [-0.1, -0.05) is 19.1 Å². The summed E-state index contributed by atoms with van der Waals surface area (Å²) in [6.45, 7) is 2.74. The highest BCUT2D eigenvalue weighted by atomic mass is 127. The Labute approximate surface area is 136 Å². The van der Waals surface area contributed by atoms with Crippen LogP contribution in [0.5, 0.6) is 0 Å². The molecule has 0 fully saturated rings. The van der Waals surface area contributed by atoms with Crippen LogP contribution in [0.2, 0.25) is 0 Å². The molecule has 0 aliphatic heterocycles. The Balaban J connectivity index is 0.00000200. The van der Waals surface area contributed by atoms with Crippen molar-refractivity contribution in [2.75, 3.05) is 11.9 Å². The summed E-state index contributed by atoms with van der Waals surface area (Å²) in [6, 6.07) is 12.0. The number of hydrogen-bond acceptors (Lipinski definition) is 2. The standard InChI is InChI=1S/C15H19N3O.HI/c1-2-12-5-7-13(8-6-12)18-15(16)17-10-9-14-4-3-11-19-14;/h3-8,11H,2,9-10H2,1H3,(H3,16,17,18);1H. The van der Waals surface area contributed by atoms with E-state index in [1.54, 1.807) is 6.26 Å². The Bertz CT molecular complexity index is 521. The second kappa shape index (κ2) is 8.63. The van der Waals surface area contributed by atoms with Crippen LogP contribution in [-0.2, 0) is 12.8 Å². The zero-order valence-corrected chi connectivity index (χ0v) is 13.8. The third-order valence-corrected chi connectivity index (χ3v) is 2.86. The monoisotopic (exact) mass is 385 g/mol. The summed E-state index contributed by atoms with van der Waals surface area (Å²) < 4.78 is 5.23. The van der Waals surface area contributed by atoms with Crippen LogP contribution in [0.3, 0.4) is 0 Å². The van der Waals surface area contributed by atoms with Gasteiger partial charge in [-0.2, -0.15) is 0 Å². The van der Waals surface area contributed by atoms with E-state index in [1.165, 1.54) is 5.56 Å². The van der Waals surface area contributed by atoms with Crippen molar-refractivity contribution in [2.24, 2.45) is 10.7 Å². The van der Waals surface area contributed by atoms with Gasteiger partial charge in [-0.3, -0.25) is 4.99 Å². The lowest BCUT2D eigenvalue weighted by Crippen LogP contribution is -2.23. The number of nitrogens with two attached hydrogens (primary N) is 1. The fraction of sp³-hybridized carbons (Fsp3) is 0.267. The number of benzene rings is 1. The van der Waals surface area contributed by atoms with Crippen molar-refractivity contribution in [3.8, 4) is 0 Å². The quantitative estimate of drug-likeness (QED) is 0.471.